The highest BCUT2D eigenvalue weighted by Gasteiger charge is 2.39. The molecule has 1 aliphatic heterocycles. The molecule has 0 bridgehead atoms. The molecule has 0 aromatic heterocycles. The topological polar surface area (TPSA) is 94.1 Å². The fourth-order valence-corrected chi connectivity index (χ4v) is 4.49. The molecule has 0 unspecified atom stereocenters. The molecule has 2 N–H and O–H groups in total. The molecular weight excluding hydrogens is 466 g/mol. The van der Waals surface area contributed by atoms with Crippen LogP contribution in [0.1, 0.15) is 51.5 Å². The van der Waals surface area contributed by atoms with Crippen molar-refractivity contribution in [3.63, 3.8) is 0 Å². The number of hydrogen-bond acceptors (Lipinski definition) is 7. The van der Waals surface area contributed by atoms with Gasteiger partial charge in [0.15, 0.2) is 17.3 Å². The molecule has 8 heteroatoms. The summed E-state index contributed by atoms with van der Waals surface area (Å²) in [5.41, 5.74) is 3.13. The standard InChI is InChI=1S/C23H28BrNO6/c1-4-29-9-10-31-23(28)19-13(3)25-16-7-6-8-17(26)21(16)20(19)14-11-15(24)22(27)18(12-14)30-5-2/h11-12,20,25,27H,4-10H2,1-3H3/t20-/m1/s1. The van der Waals surface area contributed by atoms with Crippen LogP contribution in [0.4, 0.5) is 0 Å². The maximum atomic E-state index is 13.1. The molecule has 0 amide bonds. The normalized spacial score (nSPS) is 18.6. The Labute approximate surface area is 190 Å². The number of benzene rings is 1. The average Bonchev–Trinajstić information content (AvgIpc) is 2.73. The number of ether oxygens (including phenoxy) is 3. The van der Waals surface area contributed by atoms with Gasteiger partial charge in [-0.1, -0.05) is 0 Å². The number of carbonyl (C=O) groups is 2. The van der Waals surface area contributed by atoms with Gasteiger partial charge >= 0.3 is 5.97 Å². The third-order valence-electron chi connectivity index (χ3n) is 5.34. The maximum absolute atomic E-state index is 13.1. The number of rotatable bonds is 8. The molecule has 1 heterocycles. The first kappa shape index (κ1) is 23.3. The zero-order valence-corrected chi connectivity index (χ0v) is 19.6. The molecule has 2 aliphatic rings. The van der Waals surface area contributed by atoms with Crippen molar-refractivity contribution in [1.29, 1.82) is 0 Å². The summed E-state index contributed by atoms with van der Waals surface area (Å²) >= 11 is 3.37. The van der Waals surface area contributed by atoms with E-state index in [1.807, 2.05) is 20.8 Å². The van der Waals surface area contributed by atoms with Crippen molar-refractivity contribution in [2.24, 2.45) is 0 Å². The lowest BCUT2D eigenvalue weighted by molar-refractivity contribution is -0.140. The highest BCUT2D eigenvalue weighted by molar-refractivity contribution is 9.10. The summed E-state index contributed by atoms with van der Waals surface area (Å²) in [6.07, 6.45) is 1.93. The molecule has 31 heavy (non-hydrogen) atoms. The van der Waals surface area contributed by atoms with Crippen molar-refractivity contribution in [3.05, 3.63) is 44.7 Å². The average molecular weight is 494 g/mol. The number of Topliss-reactive ketones (excluding diaryl/α,β-unsaturated/α-hetero) is 1. The Bertz CT molecular complexity index is 936. The van der Waals surface area contributed by atoms with Crippen molar-refractivity contribution in [2.45, 2.75) is 46.0 Å². The highest BCUT2D eigenvalue weighted by Crippen LogP contribution is 2.46. The Morgan fingerprint density at radius 3 is 2.71 bits per heavy atom. The Hall–Kier alpha value is -2.32. The Morgan fingerprint density at radius 2 is 2.00 bits per heavy atom. The Kier molecular flexibility index (Phi) is 7.78. The van der Waals surface area contributed by atoms with Crippen LogP contribution in [0.15, 0.2) is 39.1 Å². The zero-order valence-electron chi connectivity index (χ0n) is 18.0. The molecule has 0 spiro atoms. The fourth-order valence-electron chi connectivity index (χ4n) is 4.03. The van der Waals surface area contributed by atoms with Crippen LogP contribution in [-0.2, 0) is 19.1 Å². The van der Waals surface area contributed by atoms with Crippen LogP contribution in [0.25, 0.3) is 0 Å². The first-order valence-electron chi connectivity index (χ1n) is 10.5. The lowest BCUT2D eigenvalue weighted by Crippen LogP contribution is -2.34. The molecule has 1 atom stereocenters. The number of allylic oxidation sites excluding steroid dienone is 3. The van der Waals surface area contributed by atoms with Gasteiger partial charge in [0.1, 0.15) is 6.61 Å². The Morgan fingerprint density at radius 1 is 1.23 bits per heavy atom. The van der Waals surface area contributed by atoms with Gasteiger partial charge in [-0.15, -0.1) is 0 Å². The number of halogens is 1. The third kappa shape index (κ3) is 4.96. The van der Waals surface area contributed by atoms with E-state index in [-0.39, 0.29) is 23.9 Å². The van der Waals surface area contributed by atoms with Gasteiger partial charge in [0.2, 0.25) is 0 Å². The molecule has 3 rings (SSSR count). The van der Waals surface area contributed by atoms with Crippen molar-refractivity contribution in [3.8, 4) is 11.5 Å². The lowest BCUT2D eigenvalue weighted by atomic mass is 9.75. The number of nitrogens with one attached hydrogen (secondary N) is 1. The van der Waals surface area contributed by atoms with Gasteiger partial charge in [-0.05, 0) is 67.2 Å². The number of phenolic OH excluding ortho intramolecular Hbond substituents is 1. The van der Waals surface area contributed by atoms with Crippen molar-refractivity contribution in [1.82, 2.24) is 5.32 Å². The SMILES string of the molecule is CCOCCOC(=O)C1=C(C)NC2=C(C(=O)CCC2)[C@@H]1c1cc(Br)c(O)c(OCC)c1. The first-order chi connectivity index (χ1) is 14.9. The van der Waals surface area contributed by atoms with Gasteiger partial charge in [0.25, 0.3) is 0 Å². The van der Waals surface area contributed by atoms with Crippen LogP contribution in [0.5, 0.6) is 11.5 Å². The monoisotopic (exact) mass is 493 g/mol. The minimum absolute atomic E-state index is 0.00743. The van der Waals surface area contributed by atoms with Gasteiger partial charge in [0, 0.05) is 35.9 Å². The molecule has 1 aromatic rings. The van der Waals surface area contributed by atoms with E-state index >= 15 is 0 Å². The number of phenols is 1. The van der Waals surface area contributed by atoms with Gasteiger partial charge < -0.3 is 24.6 Å². The van der Waals surface area contributed by atoms with Crippen molar-refractivity contribution >= 4 is 27.7 Å². The molecule has 0 radical (unpaired) electrons. The second kappa shape index (κ2) is 10.3. The predicted octanol–water partition coefficient (Wildman–Crippen LogP) is 4.10. The van der Waals surface area contributed by atoms with E-state index in [4.69, 9.17) is 14.2 Å². The van der Waals surface area contributed by atoms with Crippen LogP contribution in [0, 0.1) is 0 Å². The Balaban J connectivity index is 2.08. The molecule has 0 saturated carbocycles. The van der Waals surface area contributed by atoms with Crippen LogP contribution in [0.3, 0.4) is 0 Å². The summed E-state index contributed by atoms with van der Waals surface area (Å²) < 4.78 is 16.7. The summed E-state index contributed by atoms with van der Waals surface area (Å²) in [5.74, 6) is -0.836. The van der Waals surface area contributed by atoms with Gasteiger partial charge in [-0.3, -0.25) is 4.79 Å². The highest BCUT2D eigenvalue weighted by atomic mass is 79.9. The van der Waals surface area contributed by atoms with Crippen LogP contribution in [0.2, 0.25) is 0 Å². The van der Waals surface area contributed by atoms with Crippen LogP contribution < -0.4 is 10.1 Å². The van der Waals surface area contributed by atoms with Gasteiger partial charge in [-0.2, -0.15) is 0 Å². The number of aromatic hydroxyl groups is 1. The van der Waals surface area contributed by atoms with E-state index in [1.54, 1.807) is 12.1 Å². The quantitative estimate of drug-likeness (QED) is 0.415. The van der Waals surface area contributed by atoms with E-state index in [2.05, 4.69) is 21.2 Å². The molecule has 1 aromatic carbocycles. The summed E-state index contributed by atoms with van der Waals surface area (Å²) in [4.78, 5) is 26.1. The first-order valence-corrected chi connectivity index (χ1v) is 11.3. The molecule has 7 nitrogen and oxygen atoms in total. The lowest BCUT2D eigenvalue weighted by Gasteiger charge is -2.34. The summed E-state index contributed by atoms with van der Waals surface area (Å²) in [7, 11) is 0. The van der Waals surface area contributed by atoms with E-state index < -0.39 is 11.9 Å². The second-order valence-electron chi connectivity index (χ2n) is 7.38. The fraction of sp³-hybridized carbons (Fsp3) is 0.478. The molecule has 168 valence electrons. The number of dihydropyridines is 1. The van der Waals surface area contributed by atoms with E-state index in [9.17, 15) is 14.7 Å². The number of carbonyl (C=O) groups excluding carboxylic acids is 2. The smallest absolute Gasteiger partial charge is 0.336 e. The molecule has 0 saturated heterocycles. The van der Waals surface area contributed by atoms with E-state index in [0.717, 1.165) is 18.5 Å². The molecule has 1 aliphatic carbocycles. The summed E-state index contributed by atoms with van der Waals surface area (Å²) in [5, 5.41) is 13.6. The molecular formula is C23H28BrNO6. The van der Waals surface area contributed by atoms with E-state index in [0.29, 0.717) is 53.1 Å². The maximum Gasteiger partial charge on any atom is 0.336 e. The van der Waals surface area contributed by atoms with Crippen molar-refractivity contribution < 1.29 is 28.9 Å². The molecule has 0 fully saturated rings. The second-order valence-corrected chi connectivity index (χ2v) is 8.24. The van der Waals surface area contributed by atoms with Crippen molar-refractivity contribution in [2.75, 3.05) is 26.4 Å². The summed E-state index contributed by atoms with van der Waals surface area (Å²) in [6.45, 7) is 6.84. The number of ketones is 1. The van der Waals surface area contributed by atoms with Crippen LogP contribution >= 0.6 is 15.9 Å². The van der Waals surface area contributed by atoms with Crippen LogP contribution in [-0.4, -0.2) is 43.3 Å². The number of esters is 1. The van der Waals surface area contributed by atoms with E-state index in [1.165, 1.54) is 0 Å². The largest absolute Gasteiger partial charge is 0.503 e. The summed E-state index contributed by atoms with van der Waals surface area (Å²) in [6, 6.07) is 3.41. The minimum Gasteiger partial charge on any atom is -0.503 e. The minimum atomic E-state index is -0.611. The van der Waals surface area contributed by atoms with Gasteiger partial charge in [0.05, 0.1) is 23.3 Å². The third-order valence-corrected chi connectivity index (χ3v) is 5.95. The zero-order chi connectivity index (χ0) is 22.5. The predicted molar refractivity (Wildman–Crippen MR) is 119 cm³/mol. The number of hydrogen-bond donors (Lipinski definition) is 2. The van der Waals surface area contributed by atoms with Gasteiger partial charge in [-0.25, -0.2) is 4.79 Å².